The summed E-state index contributed by atoms with van der Waals surface area (Å²) in [5.41, 5.74) is 0.412. The topological polar surface area (TPSA) is 117 Å². The smallest absolute Gasteiger partial charge is 0.326 e. The van der Waals surface area contributed by atoms with E-state index in [2.05, 4.69) is 0 Å². The molecule has 118 valence electrons. The number of carboxylic acids is 2. The Morgan fingerprint density at radius 2 is 2.00 bits per heavy atom. The van der Waals surface area contributed by atoms with Crippen molar-refractivity contribution in [3.05, 3.63) is 35.3 Å². The van der Waals surface area contributed by atoms with Gasteiger partial charge in [0.25, 0.3) is 0 Å². The molecule has 2 atom stereocenters. The third-order valence-corrected chi connectivity index (χ3v) is 4.16. The van der Waals surface area contributed by atoms with Crippen molar-refractivity contribution in [1.82, 2.24) is 4.57 Å². The van der Waals surface area contributed by atoms with Crippen LogP contribution in [0.5, 0.6) is 0 Å². The molecule has 0 spiro atoms. The van der Waals surface area contributed by atoms with Gasteiger partial charge in [-0.05, 0) is 25.1 Å². The van der Waals surface area contributed by atoms with Crippen LogP contribution in [-0.4, -0.2) is 35.5 Å². The van der Waals surface area contributed by atoms with Gasteiger partial charge < -0.3 is 19.3 Å². The Morgan fingerprint density at radius 3 is 2.50 bits per heavy atom. The first-order chi connectivity index (χ1) is 10.2. The van der Waals surface area contributed by atoms with Crippen LogP contribution >= 0.6 is 0 Å². The second-order valence-electron chi connectivity index (χ2n) is 4.63. The standard InChI is InChI=1S/C13H12FNO6S/c1-6-11(12(13(18)19)22(20)21)8-4-7(14)2-3-9(8)15(6)5-10(16)17/h2-4,12H,5H2,1H3,(H,16,17)(H,18,19)(H,20,21). The van der Waals surface area contributed by atoms with Crippen LogP contribution in [0.3, 0.4) is 0 Å². The summed E-state index contributed by atoms with van der Waals surface area (Å²) < 4.78 is 35.4. The zero-order valence-electron chi connectivity index (χ0n) is 11.3. The van der Waals surface area contributed by atoms with Crippen molar-refractivity contribution in [3.8, 4) is 0 Å². The molecule has 2 aromatic rings. The van der Waals surface area contributed by atoms with Gasteiger partial charge >= 0.3 is 11.9 Å². The molecule has 2 unspecified atom stereocenters. The van der Waals surface area contributed by atoms with Crippen LogP contribution in [-0.2, 0) is 27.2 Å². The number of benzene rings is 1. The number of carboxylic acid groups (broad SMARTS) is 2. The fourth-order valence-corrected chi connectivity index (χ4v) is 3.13. The molecule has 0 aliphatic carbocycles. The van der Waals surface area contributed by atoms with Gasteiger partial charge in [-0.3, -0.25) is 9.59 Å². The van der Waals surface area contributed by atoms with Crippen molar-refractivity contribution in [1.29, 1.82) is 0 Å². The van der Waals surface area contributed by atoms with Crippen LogP contribution in [0.1, 0.15) is 16.5 Å². The van der Waals surface area contributed by atoms with Crippen LogP contribution in [0.15, 0.2) is 18.2 Å². The molecule has 0 aliphatic heterocycles. The minimum Gasteiger partial charge on any atom is -0.480 e. The molecule has 0 radical (unpaired) electrons. The van der Waals surface area contributed by atoms with Crippen molar-refractivity contribution >= 4 is 33.9 Å². The Balaban J connectivity index is 2.85. The number of hydrogen-bond donors (Lipinski definition) is 3. The largest absolute Gasteiger partial charge is 0.480 e. The van der Waals surface area contributed by atoms with E-state index in [-0.39, 0.29) is 22.2 Å². The number of hydrogen-bond acceptors (Lipinski definition) is 3. The van der Waals surface area contributed by atoms with Crippen LogP contribution in [0.4, 0.5) is 4.39 Å². The molecule has 1 heterocycles. The first-order valence-electron chi connectivity index (χ1n) is 6.06. The molecule has 7 nitrogen and oxygen atoms in total. The van der Waals surface area contributed by atoms with Gasteiger partial charge in [-0.1, -0.05) is 0 Å². The van der Waals surface area contributed by atoms with E-state index in [1.54, 1.807) is 0 Å². The van der Waals surface area contributed by atoms with Crippen molar-refractivity contribution < 1.29 is 33.0 Å². The third-order valence-electron chi connectivity index (χ3n) is 3.32. The average Bonchev–Trinajstić information content (AvgIpc) is 2.63. The average molecular weight is 329 g/mol. The highest BCUT2D eigenvalue weighted by molar-refractivity contribution is 7.80. The first-order valence-corrected chi connectivity index (χ1v) is 7.23. The molecule has 1 aromatic carbocycles. The first kappa shape index (κ1) is 16.1. The minimum absolute atomic E-state index is 0.0657. The fourth-order valence-electron chi connectivity index (χ4n) is 2.46. The zero-order chi connectivity index (χ0) is 16.6. The molecule has 2 rings (SSSR count). The highest BCUT2D eigenvalue weighted by atomic mass is 32.2. The summed E-state index contributed by atoms with van der Waals surface area (Å²) in [7, 11) is 0. The molecule has 1 aromatic heterocycles. The van der Waals surface area contributed by atoms with Crippen molar-refractivity contribution in [2.24, 2.45) is 0 Å². The van der Waals surface area contributed by atoms with E-state index in [0.29, 0.717) is 0 Å². The van der Waals surface area contributed by atoms with E-state index in [0.717, 1.165) is 12.1 Å². The second-order valence-corrected chi connectivity index (χ2v) is 5.66. The van der Waals surface area contributed by atoms with Gasteiger partial charge in [0.1, 0.15) is 12.4 Å². The van der Waals surface area contributed by atoms with Gasteiger partial charge in [-0.15, -0.1) is 0 Å². The molecular formula is C13H12FNO6S. The van der Waals surface area contributed by atoms with E-state index in [9.17, 15) is 22.7 Å². The summed E-state index contributed by atoms with van der Waals surface area (Å²) in [6.07, 6.45) is 0. The summed E-state index contributed by atoms with van der Waals surface area (Å²) in [6, 6.07) is 3.44. The van der Waals surface area contributed by atoms with Gasteiger partial charge in [0.15, 0.2) is 16.3 Å². The van der Waals surface area contributed by atoms with Crippen molar-refractivity contribution in [3.63, 3.8) is 0 Å². The van der Waals surface area contributed by atoms with E-state index in [4.69, 9.17) is 10.2 Å². The predicted octanol–water partition coefficient (Wildman–Crippen LogP) is 1.52. The molecule has 22 heavy (non-hydrogen) atoms. The maximum atomic E-state index is 13.5. The lowest BCUT2D eigenvalue weighted by Gasteiger charge is -2.10. The van der Waals surface area contributed by atoms with E-state index < -0.39 is 40.6 Å². The van der Waals surface area contributed by atoms with Gasteiger partial charge in [-0.2, -0.15) is 0 Å². The minimum atomic E-state index is -2.74. The second kappa shape index (κ2) is 5.85. The van der Waals surface area contributed by atoms with Gasteiger partial charge in [-0.25, -0.2) is 8.60 Å². The summed E-state index contributed by atoms with van der Waals surface area (Å²) in [4.78, 5) is 22.2. The van der Waals surface area contributed by atoms with Gasteiger partial charge in [0.05, 0.1) is 0 Å². The highest BCUT2D eigenvalue weighted by Crippen LogP contribution is 2.34. The lowest BCUT2D eigenvalue weighted by Crippen LogP contribution is -2.18. The Labute approximate surface area is 126 Å². The quantitative estimate of drug-likeness (QED) is 0.716. The Hall–Kier alpha value is -2.26. The maximum Gasteiger partial charge on any atom is 0.326 e. The number of carbonyl (C=O) groups is 2. The van der Waals surface area contributed by atoms with Crippen molar-refractivity contribution in [2.45, 2.75) is 18.7 Å². The molecular weight excluding hydrogens is 317 g/mol. The van der Waals surface area contributed by atoms with Crippen LogP contribution in [0, 0.1) is 12.7 Å². The number of aromatic nitrogens is 1. The lowest BCUT2D eigenvalue weighted by atomic mass is 10.1. The van der Waals surface area contributed by atoms with E-state index in [1.165, 1.54) is 17.6 Å². The van der Waals surface area contributed by atoms with Crippen LogP contribution in [0.25, 0.3) is 10.9 Å². The monoisotopic (exact) mass is 329 g/mol. The summed E-state index contributed by atoms with van der Waals surface area (Å²) >= 11 is -2.74. The Kier molecular flexibility index (Phi) is 4.29. The van der Waals surface area contributed by atoms with Crippen molar-refractivity contribution in [2.75, 3.05) is 0 Å². The number of nitrogens with zero attached hydrogens (tertiary/aromatic N) is 1. The molecule has 0 saturated heterocycles. The molecule has 0 saturated carbocycles. The number of rotatable bonds is 5. The third kappa shape index (κ3) is 2.72. The molecule has 0 fully saturated rings. The predicted molar refractivity (Wildman–Crippen MR) is 75.4 cm³/mol. The molecule has 9 heteroatoms. The molecule has 0 aliphatic rings. The number of fused-ring (bicyclic) bond motifs is 1. The van der Waals surface area contributed by atoms with E-state index in [1.807, 2.05) is 0 Å². The van der Waals surface area contributed by atoms with Crippen LogP contribution < -0.4 is 0 Å². The molecule has 0 bridgehead atoms. The van der Waals surface area contributed by atoms with Gasteiger partial charge in [0, 0.05) is 22.2 Å². The lowest BCUT2D eigenvalue weighted by molar-refractivity contribution is -0.138. The normalized spacial score (nSPS) is 14.0. The van der Waals surface area contributed by atoms with Gasteiger partial charge in [0.2, 0.25) is 0 Å². The highest BCUT2D eigenvalue weighted by Gasteiger charge is 2.32. The molecule has 0 amide bonds. The SMILES string of the molecule is Cc1c(C(C(=O)O)S(=O)O)c2cc(F)ccc2n1CC(=O)O. The number of halogens is 1. The fraction of sp³-hybridized carbons (Fsp3) is 0.231. The molecule has 3 N–H and O–H groups in total. The van der Waals surface area contributed by atoms with E-state index >= 15 is 0 Å². The Morgan fingerprint density at radius 1 is 1.36 bits per heavy atom. The maximum absolute atomic E-state index is 13.5. The Bertz CT molecular complexity index is 785. The van der Waals surface area contributed by atoms with Crippen LogP contribution in [0.2, 0.25) is 0 Å². The summed E-state index contributed by atoms with van der Waals surface area (Å²) in [5.74, 6) is -3.38. The summed E-state index contributed by atoms with van der Waals surface area (Å²) in [6.45, 7) is 0.956. The number of aliphatic carboxylic acids is 2. The zero-order valence-corrected chi connectivity index (χ0v) is 12.1. The summed E-state index contributed by atoms with van der Waals surface area (Å²) in [5, 5.41) is 16.4.